The van der Waals surface area contributed by atoms with Gasteiger partial charge in [-0.05, 0) is 23.3 Å². The molecule has 0 aliphatic rings. The molecule has 3 rings (SSSR count). The quantitative estimate of drug-likeness (QED) is 0.632. The van der Waals surface area contributed by atoms with E-state index in [1.165, 1.54) is 19.2 Å². The molecule has 0 aliphatic carbocycles. The number of carbonyl (C=O) groups is 1. The highest BCUT2D eigenvalue weighted by molar-refractivity contribution is 5.91. The number of aromatic hydroxyl groups is 1. The average Bonchev–Trinajstić information content (AvgIpc) is 2.73. The van der Waals surface area contributed by atoms with Gasteiger partial charge in [0.05, 0.1) is 12.7 Å². The van der Waals surface area contributed by atoms with Gasteiger partial charge < -0.3 is 19.3 Å². The number of ether oxygens (including phenoxy) is 3. The summed E-state index contributed by atoms with van der Waals surface area (Å²) in [5.74, 6) is -0.381. The first-order valence-corrected chi connectivity index (χ1v) is 8.46. The second-order valence-electron chi connectivity index (χ2n) is 5.86. The van der Waals surface area contributed by atoms with Gasteiger partial charge >= 0.3 is 5.97 Å². The van der Waals surface area contributed by atoms with E-state index >= 15 is 0 Å². The second-order valence-corrected chi connectivity index (χ2v) is 5.86. The number of hydrogen-bond donors (Lipinski definition) is 1. The van der Waals surface area contributed by atoms with Crippen LogP contribution in [0.15, 0.2) is 72.8 Å². The summed E-state index contributed by atoms with van der Waals surface area (Å²) in [6, 6.07) is 22.0. The van der Waals surface area contributed by atoms with Crippen molar-refractivity contribution in [3.8, 4) is 17.2 Å². The first-order valence-electron chi connectivity index (χ1n) is 8.46. The molecule has 0 amide bonds. The Kier molecular flexibility index (Phi) is 5.94. The largest absolute Gasteiger partial charge is 0.502 e. The van der Waals surface area contributed by atoms with E-state index in [4.69, 9.17) is 14.2 Å². The Balaban J connectivity index is 1.83. The maximum atomic E-state index is 12.0. The highest BCUT2D eigenvalue weighted by Crippen LogP contribution is 2.38. The Morgan fingerprint density at radius 1 is 0.815 bits per heavy atom. The van der Waals surface area contributed by atoms with Crippen molar-refractivity contribution in [3.05, 3.63) is 89.5 Å². The van der Waals surface area contributed by atoms with E-state index in [0.717, 1.165) is 11.1 Å². The summed E-state index contributed by atoms with van der Waals surface area (Å²) >= 11 is 0. The van der Waals surface area contributed by atoms with Crippen LogP contribution in [0.1, 0.15) is 21.5 Å². The molecule has 0 spiro atoms. The first-order chi connectivity index (χ1) is 13.2. The van der Waals surface area contributed by atoms with Crippen LogP contribution in [-0.4, -0.2) is 18.2 Å². The lowest BCUT2D eigenvalue weighted by molar-refractivity contribution is 0.0599. The highest BCUT2D eigenvalue weighted by atomic mass is 16.5. The fourth-order valence-corrected chi connectivity index (χ4v) is 2.51. The first kappa shape index (κ1) is 18.3. The topological polar surface area (TPSA) is 65.0 Å². The molecule has 0 atom stereocenters. The average molecular weight is 364 g/mol. The molecule has 0 radical (unpaired) electrons. The minimum absolute atomic E-state index is 0.157. The molecule has 0 bridgehead atoms. The SMILES string of the molecule is COC(=O)c1cc(OCc2ccccc2)c(O)c(OCc2ccccc2)c1. The number of hydrogen-bond acceptors (Lipinski definition) is 5. The van der Waals surface area contributed by atoms with Gasteiger partial charge in [0, 0.05) is 0 Å². The molecule has 5 heteroatoms. The maximum absolute atomic E-state index is 12.0. The Labute approximate surface area is 157 Å². The number of rotatable bonds is 7. The molecule has 27 heavy (non-hydrogen) atoms. The highest BCUT2D eigenvalue weighted by Gasteiger charge is 2.17. The summed E-state index contributed by atoms with van der Waals surface area (Å²) in [4.78, 5) is 12.0. The molecule has 0 heterocycles. The van der Waals surface area contributed by atoms with E-state index in [9.17, 15) is 9.90 Å². The summed E-state index contributed by atoms with van der Waals surface area (Å²) in [5, 5.41) is 10.5. The van der Waals surface area contributed by atoms with Crippen molar-refractivity contribution in [3.63, 3.8) is 0 Å². The number of methoxy groups -OCH3 is 1. The van der Waals surface area contributed by atoms with Crippen molar-refractivity contribution in [2.24, 2.45) is 0 Å². The van der Waals surface area contributed by atoms with Crippen molar-refractivity contribution in [1.82, 2.24) is 0 Å². The molecule has 0 aromatic heterocycles. The molecule has 5 nitrogen and oxygen atoms in total. The maximum Gasteiger partial charge on any atom is 0.338 e. The molecule has 0 aliphatic heterocycles. The lowest BCUT2D eigenvalue weighted by Gasteiger charge is -2.14. The fraction of sp³-hybridized carbons (Fsp3) is 0.136. The van der Waals surface area contributed by atoms with E-state index in [1.54, 1.807) is 0 Å². The summed E-state index contributed by atoms with van der Waals surface area (Å²) in [6.45, 7) is 0.494. The Morgan fingerprint density at radius 2 is 1.26 bits per heavy atom. The van der Waals surface area contributed by atoms with Crippen molar-refractivity contribution in [1.29, 1.82) is 0 Å². The summed E-state index contributed by atoms with van der Waals surface area (Å²) in [7, 11) is 1.30. The number of phenols is 1. The molecular formula is C22H20O5. The summed E-state index contributed by atoms with van der Waals surface area (Å²) < 4.78 is 16.2. The third kappa shape index (κ3) is 4.79. The van der Waals surface area contributed by atoms with Gasteiger partial charge in [0.15, 0.2) is 11.5 Å². The number of esters is 1. The third-order valence-corrected chi connectivity index (χ3v) is 3.94. The molecule has 0 unspecified atom stereocenters. The van der Waals surface area contributed by atoms with Gasteiger partial charge in [-0.1, -0.05) is 60.7 Å². The van der Waals surface area contributed by atoms with Crippen molar-refractivity contribution in [2.45, 2.75) is 13.2 Å². The van der Waals surface area contributed by atoms with Crippen LogP contribution in [0.5, 0.6) is 17.2 Å². The molecule has 0 fully saturated rings. The monoisotopic (exact) mass is 364 g/mol. The van der Waals surface area contributed by atoms with Crippen LogP contribution in [0.4, 0.5) is 0 Å². The zero-order valence-electron chi connectivity index (χ0n) is 14.9. The summed E-state index contributed by atoms with van der Waals surface area (Å²) in [5.41, 5.74) is 2.11. The Hall–Kier alpha value is -3.47. The zero-order chi connectivity index (χ0) is 19.1. The molecule has 3 aromatic carbocycles. The predicted octanol–water partition coefficient (Wildman–Crippen LogP) is 4.34. The van der Waals surface area contributed by atoms with E-state index in [0.29, 0.717) is 0 Å². The molecule has 0 saturated carbocycles. The molecule has 1 N–H and O–H groups in total. The minimum Gasteiger partial charge on any atom is -0.502 e. The van der Waals surface area contributed by atoms with Gasteiger partial charge in [-0.25, -0.2) is 4.79 Å². The normalized spacial score (nSPS) is 10.3. The van der Waals surface area contributed by atoms with E-state index in [-0.39, 0.29) is 36.0 Å². The standard InChI is InChI=1S/C22H20O5/c1-25-22(24)18-12-19(26-14-16-8-4-2-5-9-16)21(23)20(13-18)27-15-17-10-6-3-7-11-17/h2-13,23H,14-15H2,1H3. The van der Waals surface area contributed by atoms with Gasteiger partial charge in [-0.2, -0.15) is 0 Å². The van der Waals surface area contributed by atoms with E-state index in [2.05, 4.69) is 0 Å². The van der Waals surface area contributed by atoms with Crippen molar-refractivity contribution < 1.29 is 24.1 Å². The van der Waals surface area contributed by atoms with Crippen LogP contribution in [0.2, 0.25) is 0 Å². The summed E-state index contributed by atoms with van der Waals surface area (Å²) in [6.07, 6.45) is 0. The number of benzene rings is 3. The van der Waals surface area contributed by atoms with Crippen LogP contribution in [0, 0.1) is 0 Å². The lowest BCUT2D eigenvalue weighted by Crippen LogP contribution is -2.05. The predicted molar refractivity (Wildman–Crippen MR) is 101 cm³/mol. The van der Waals surface area contributed by atoms with Crippen LogP contribution >= 0.6 is 0 Å². The van der Waals surface area contributed by atoms with Crippen molar-refractivity contribution >= 4 is 5.97 Å². The van der Waals surface area contributed by atoms with Gasteiger partial charge in [0.2, 0.25) is 5.75 Å². The van der Waals surface area contributed by atoms with Gasteiger partial charge in [-0.3, -0.25) is 0 Å². The fourth-order valence-electron chi connectivity index (χ4n) is 2.51. The van der Waals surface area contributed by atoms with Gasteiger partial charge in [-0.15, -0.1) is 0 Å². The van der Waals surface area contributed by atoms with Crippen LogP contribution in [0.3, 0.4) is 0 Å². The number of phenolic OH excluding ortho intramolecular Hbond substituents is 1. The Bertz CT molecular complexity index is 827. The zero-order valence-corrected chi connectivity index (χ0v) is 14.9. The van der Waals surface area contributed by atoms with Gasteiger partial charge in [0.25, 0.3) is 0 Å². The second kappa shape index (κ2) is 8.76. The van der Waals surface area contributed by atoms with Gasteiger partial charge in [0.1, 0.15) is 13.2 Å². The lowest BCUT2D eigenvalue weighted by atomic mass is 10.1. The van der Waals surface area contributed by atoms with Crippen molar-refractivity contribution in [2.75, 3.05) is 7.11 Å². The third-order valence-electron chi connectivity index (χ3n) is 3.94. The number of carbonyl (C=O) groups excluding carboxylic acids is 1. The van der Waals surface area contributed by atoms with E-state index in [1.807, 2.05) is 60.7 Å². The van der Waals surface area contributed by atoms with Crippen LogP contribution in [-0.2, 0) is 18.0 Å². The Morgan fingerprint density at radius 3 is 1.67 bits per heavy atom. The smallest absolute Gasteiger partial charge is 0.338 e. The molecular weight excluding hydrogens is 344 g/mol. The van der Waals surface area contributed by atoms with E-state index < -0.39 is 5.97 Å². The van der Waals surface area contributed by atoms with Crippen LogP contribution in [0.25, 0.3) is 0 Å². The van der Waals surface area contributed by atoms with Crippen LogP contribution < -0.4 is 9.47 Å². The molecule has 0 saturated heterocycles. The minimum atomic E-state index is -0.538. The molecule has 138 valence electrons. The molecule has 3 aromatic rings.